The molecule has 0 spiro atoms. The maximum absolute atomic E-state index is 13.1. The standard InChI is InChI=1S/C22H19Cl2N3O6/c1-9-5-14(26-33-9)25-15(28)8-32-22(31)10-3-2-4-11(6-10)27-20(29)16-12-7-13(17(16)21(27)30)19(24)18(12)23/h2-6,12-13,16-19H,7-8H2,1H3,(H,25,26,28)/t12-,13-,16-,17-,18-,19+/m1/s1. The topological polar surface area (TPSA) is 119 Å². The number of aromatic nitrogens is 1. The number of benzene rings is 1. The molecule has 2 heterocycles. The van der Waals surface area contributed by atoms with Crippen LogP contribution < -0.4 is 10.2 Å². The number of anilines is 2. The molecule has 5 rings (SSSR count). The van der Waals surface area contributed by atoms with Gasteiger partial charge in [0.05, 0.1) is 33.8 Å². The minimum absolute atomic E-state index is 0.101. The summed E-state index contributed by atoms with van der Waals surface area (Å²) < 4.78 is 9.90. The zero-order valence-corrected chi connectivity index (χ0v) is 18.9. The van der Waals surface area contributed by atoms with E-state index in [0.717, 1.165) is 4.90 Å². The Kier molecular flexibility index (Phi) is 5.41. The highest BCUT2D eigenvalue weighted by atomic mass is 35.5. The lowest BCUT2D eigenvalue weighted by Crippen LogP contribution is -2.37. The van der Waals surface area contributed by atoms with Crippen LogP contribution in [0.2, 0.25) is 0 Å². The molecule has 9 nitrogen and oxygen atoms in total. The molecule has 2 bridgehead atoms. The number of alkyl halides is 2. The van der Waals surface area contributed by atoms with Gasteiger partial charge in [-0.1, -0.05) is 11.2 Å². The molecular weight excluding hydrogens is 473 g/mol. The van der Waals surface area contributed by atoms with Crippen LogP contribution >= 0.6 is 23.2 Å². The van der Waals surface area contributed by atoms with Gasteiger partial charge in [-0.05, 0) is 43.4 Å². The lowest BCUT2D eigenvalue weighted by molar-refractivity contribution is -0.123. The lowest BCUT2D eigenvalue weighted by Gasteiger charge is -2.28. The maximum atomic E-state index is 13.1. The van der Waals surface area contributed by atoms with Crippen molar-refractivity contribution >= 4 is 58.4 Å². The molecule has 6 atom stereocenters. The Labute approximate surface area is 198 Å². The van der Waals surface area contributed by atoms with Gasteiger partial charge in [0.2, 0.25) is 11.8 Å². The molecule has 1 aromatic heterocycles. The SMILES string of the molecule is Cc1cc(NC(=O)COC(=O)c2cccc(N3C(=O)[C@@H]4[C@H]5C[C@@H]([C@@H](Cl)[C@H]5Cl)[C@H]4C3=O)c2)no1. The molecule has 33 heavy (non-hydrogen) atoms. The summed E-state index contributed by atoms with van der Waals surface area (Å²) in [5.74, 6) is -2.52. The quantitative estimate of drug-likeness (QED) is 0.387. The Bertz CT molecular complexity index is 1130. The summed E-state index contributed by atoms with van der Waals surface area (Å²) >= 11 is 12.8. The number of hydrogen-bond donors (Lipinski definition) is 1. The van der Waals surface area contributed by atoms with Crippen LogP contribution in [0.1, 0.15) is 22.5 Å². The molecule has 3 fully saturated rings. The minimum atomic E-state index is -0.774. The number of nitrogens with one attached hydrogen (secondary N) is 1. The van der Waals surface area contributed by atoms with Crippen LogP contribution in [0.3, 0.4) is 0 Å². The minimum Gasteiger partial charge on any atom is -0.452 e. The summed E-state index contributed by atoms with van der Waals surface area (Å²) in [5.41, 5.74) is 0.372. The number of hydrogen-bond acceptors (Lipinski definition) is 7. The van der Waals surface area contributed by atoms with E-state index in [-0.39, 0.29) is 51.5 Å². The largest absolute Gasteiger partial charge is 0.452 e. The summed E-state index contributed by atoms with van der Waals surface area (Å²) in [5, 5.41) is 5.38. The highest BCUT2D eigenvalue weighted by molar-refractivity contribution is 6.32. The van der Waals surface area contributed by atoms with E-state index in [1.807, 2.05) is 0 Å². The predicted octanol–water partition coefficient (Wildman–Crippen LogP) is 2.75. The van der Waals surface area contributed by atoms with Gasteiger partial charge >= 0.3 is 5.97 Å². The van der Waals surface area contributed by atoms with E-state index in [9.17, 15) is 19.2 Å². The fourth-order valence-corrected chi connectivity index (χ4v) is 6.09. The van der Waals surface area contributed by atoms with Crippen molar-refractivity contribution in [3.05, 3.63) is 41.7 Å². The number of rotatable bonds is 5. The van der Waals surface area contributed by atoms with Gasteiger partial charge in [0.1, 0.15) is 5.76 Å². The first kappa shape index (κ1) is 21.9. The van der Waals surface area contributed by atoms with E-state index in [1.165, 1.54) is 18.2 Å². The Morgan fingerprint density at radius 1 is 1.15 bits per heavy atom. The molecule has 0 unspecified atom stereocenters. The van der Waals surface area contributed by atoms with E-state index in [1.54, 1.807) is 19.1 Å². The number of amides is 3. The maximum Gasteiger partial charge on any atom is 0.338 e. The predicted molar refractivity (Wildman–Crippen MR) is 117 cm³/mol. The van der Waals surface area contributed by atoms with Crippen molar-refractivity contribution in [3.63, 3.8) is 0 Å². The van der Waals surface area contributed by atoms with Gasteiger partial charge in [-0.3, -0.25) is 19.3 Å². The average molecular weight is 492 g/mol. The second-order valence-electron chi connectivity index (χ2n) is 8.51. The molecule has 172 valence electrons. The number of ether oxygens (including phenoxy) is 1. The van der Waals surface area contributed by atoms with E-state index >= 15 is 0 Å². The molecular formula is C22H19Cl2N3O6. The summed E-state index contributed by atoms with van der Waals surface area (Å²) in [4.78, 5) is 51.8. The van der Waals surface area contributed by atoms with E-state index < -0.39 is 30.3 Å². The molecule has 1 saturated heterocycles. The van der Waals surface area contributed by atoms with Gasteiger partial charge < -0.3 is 14.6 Å². The van der Waals surface area contributed by atoms with Gasteiger partial charge in [0.25, 0.3) is 5.91 Å². The van der Waals surface area contributed by atoms with E-state index in [2.05, 4.69) is 10.5 Å². The molecule has 3 amide bonds. The second-order valence-corrected chi connectivity index (χ2v) is 9.52. The number of fused-ring (bicyclic) bond motifs is 5. The van der Waals surface area contributed by atoms with Gasteiger partial charge in [-0.15, -0.1) is 23.2 Å². The number of halogens is 2. The molecule has 3 aliphatic rings. The number of carbonyl (C=O) groups excluding carboxylic acids is 4. The Morgan fingerprint density at radius 2 is 1.82 bits per heavy atom. The molecule has 2 saturated carbocycles. The van der Waals surface area contributed by atoms with Crippen molar-refractivity contribution in [1.82, 2.24) is 5.16 Å². The van der Waals surface area contributed by atoms with Crippen LogP contribution in [0.5, 0.6) is 0 Å². The molecule has 2 aliphatic carbocycles. The molecule has 11 heteroatoms. The third-order valence-electron chi connectivity index (χ3n) is 6.56. The molecule has 0 radical (unpaired) electrons. The van der Waals surface area contributed by atoms with Crippen molar-refractivity contribution < 1.29 is 28.4 Å². The molecule has 1 aliphatic heterocycles. The molecule has 2 aromatic rings. The number of aryl methyl sites for hydroxylation is 1. The van der Waals surface area contributed by atoms with Gasteiger partial charge in [-0.2, -0.15) is 0 Å². The molecule has 1 N–H and O–H groups in total. The van der Waals surface area contributed by atoms with Gasteiger partial charge in [0.15, 0.2) is 12.4 Å². The van der Waals surface area contributed by atoms with Crippen molar-refractivity contribution in [3.8, 4) is 0 Å². The van der Waals surface area contributed by atoms with E-state index in [4.69, 9.17) is 32.5 Å². The highest BCUT2D eigenvalue weighted by Gasteiger charge is 2.66. The zero-order chi connectivity index (χ0) is 23.4. The number of imide groups is 1. The monoisotopic (exact) mass is 491 g/mol. The van der Waals surface area contributed by atoms with Crippen LogP contribution in [-0.2, 0) is 19.1 Å². The fourth-order valence-electron chi connectivity index (χ4n) is 5.19. The Balaban J connectivity index is 1.27. The van der Waals surface area contributed by atoms with Crippen molar-refractivity contribution in [2.75, 3.05) is 16.8 Å². The van der Waals surface area contributed by atoms with Crippen molar-refractivity contribution in [2.45, 2.75) is 24.1 Å². The van der Waals surface area contributed by atoms with E-state index in [0.29, 0.717) is 12.2 Å². The van der Waals surface area contributed by atoms with Gasteiger partial charge in [0, 0.05) is 6.07 Å². The number of nitrogens with zero attached hydrogens (tertiary/aromatic N) is 2. The summed E-state index contributed by atoms with van der Waals surface area (Å²) in [6, 6.07) is 7.52. The summed E-state index contributed by atoms with van der Waals surface area (Å²) in [6.07, 6.45) is 0.672. The van der Waals surface area contributed by atoms with Crippen LogP contribution in [-0.4, -0.2) is 46.2 Å². The Hall–Kier alpha value is -2.91. The smallest absolute Gasteiger partial charge is 0.338 e. The van der Waals surface area contributed by atoms with Crippen LogP contribution in [0.25, 0.3) is 0 Å². The number of carbonyl (C=O) groups is 4. The zero-order valence-electron chi connectivity index (χ0n) is 17.4. The fraction of sp³-hybridized carbons (Fsp3) is 0.409. The highest BCUT2D eigenvalue weighted by Crippen LogP contribution is 2.59. The number of esters is 1. The van der Waals surface area contributed by atoms with Gasteiger partial charge in [-0.25, -0.2) is 4.79 Å². The van der Waals surface area contributed by atoms with Crippen molar-refractivity contribution in [2.24, 2.45) is 23.7 Å². The van der Waals surface area contributed by atoms with Crippen LogP contribution in [0.15, 0.2) is 34.9 Å². The van der Waals surface area contributed by atoms with Crippen LogP contribution in [0.4, 0.5) is 11.5 Å². The van der Waals surface area contributed by atoms with Crippen molar-refractivity contribution in [1.29, 1.82) is 0 Å². The second kappa shape index (κ2) is 8.14. The van der Waals surface area contributed by atoms with Crippen LogP contribution in [0, 0.1) is 30.6 Å². The Morgan fingerprint density at radius 3 is 2.42 bits per heavy atom. The molecule has 1 aromatic carbocycles. The third-order valence-corrected chi connectivity index (χ3v) is 7.88. The lowest BCUT2D eigenvalue weighted by atomic mass is 9.80. The summed E-state index contributed by atoms with van der Waals surface area (Å²) in [7, 11) is 0. The normalized spacial score (nSPS) is 30.0. The first-order chi connectivity index (χ1) is 15.8. The third kappa shape index (κ3) is 3.59. The first-order valence-electron chi connectivity index (χ1n) is 10.4. The average Bonchev–Trinajstić information content (AvgIpc) is 3.51. The summed E-state index contributed by atoms with van der Waals surface area (Å²) in [6.45, 7) is 1.13. The first-order valence-corrected chi connectivity index (χ1v) is 11.3.